The van der Waals surface area contributed by atoms with Gasteiger partial charge < -0.3 is 15.1 Å². The largest absolute Gasteiger partial charge is 0.341 e. The van der Waals surface area contributed by atoms with Gasteiger partial charge in [0.15, 0.2) is 0 Å². The Morgan fingerprint density at radius 2 is 1.81 bits per heavy atom. The van der Waals surface area contributed by atoms with E-state index in [9.17, 15) is 4.79 Å². The minimum atomic E-state index is -0.464. The summed E-state index contributed by atoms with van der Waals surface area (Å²) >= 11 is 0. The van der Waals surface area contributed by atoms with Gasteiger partial charge in [-0.2, -0.15) is 0 Å². The molecule has 0 rings (SSSR count). The van der Waals surface area contributed by atoms with Gasteiger partial charge >= 0.3 is 0 Å². The second-order valence-electron chi connectivity index (χ2n) is 4.92. The van der Waals surface area contributed by atoms with Crippen LogP contribution in [0.2, 0.25) is 0 Å². The van der Waals surface area contributed by atoms with Crippen molar-refractivity contribution in [3.8, 4) is 0 Å². The summed E-state index contributed by atoms with van der Waals surface area (Å²) in [5, 5.41) is 3.05. The average Bonchev–Trinajstić information content (AvgIpc) is 2.23. The van der Waals surface area contributed by atoms with Gasteiger partial charge in [0.2, 0.25) is 5.91 Å². The Labute approximate surface area is 100.0 Å². The molecule has 0 heterocycles. The molecule has 0 saturated heterocycles. The second-order valence-corrected chi connectivity index (χ2v) is 4.92. The first-order valence-electron chi connectivity index (χ1n) is 5.98. The predicted octanol–water partition coefficient (Wildman–Crippen LogP) is 0.785. The molecule has 1 amide bonds. The summed E-state index contributed by atoms with van der Waals surface area (Å²) in [4.78, 5) is 16.2. The van der Waals surface area contributed by atoms with Crippen LogP contribution in [0.1, 0.15) is 27.2 Å². The van der Waals surface area contributed by atoms with Gasteiger partial charge in [0.25, 0.3) is 0 Å². The Balaban J connectivity index is 4.23. The Morgan fingerprint density at radius 3 is 2.19 bits per heavy atom. The third-order valence-electron chi connectivity index (χ3n) is 2.86. The molecule has 0 radical (unpaired) electrons. The summed E-state index contributed by atoms with van der Waals surface area (Å²) in [7, 11) is 5.93. The van der Waals surface area contributed by atoms with Crippen molar-refractivity contribution in [3.05, 3.63) is 0 Å². The third-order valence-corrected chi connectivity index (χ3v) is 2.86. The first-order chi connectivity index (χ1) is 7.35. The van der Waals surface area contributed by atoms with Crippen LogP contribution >= 0.6 is 0 Å². The van der Waals surface area contributed by atoms with Crippen molar-refractivity contribution >= 4 is 5.91 Å². The van der Waals surface area contributed by atoms with Gasteiger partial charge in [-0.3, -0.25) is 4.79 Å². The van der Waals surface area contributed by atoms with Gasteiger partial charge in [-0.1, -0.05) is 0 Å². The van der Waals surface area contributed by atoms with Crippen LogP contribution in [0, 0.1) is 0 Å². The number of amides is 1. The molecule has 0 aromatic rings. The quantitative estimate of drug-likeness (QED) is 0.701. The summed E-state index contributed by atoms with van der Waals surface area (Å²) in [5.41, 5.74) is -0.464. The smallest absolute Gasteiger partial charge is 0.242 e. The molecule has 4 heteroatoms. The van der Waals surface area contributed by atoms with Gasteiger partial charge in [-0.15, -0.1) is 0 Å². The number of rotatable bonds is 7. The van der Waals surface area contributed by atoms with E-state index in [0.717, 1.165) is 26.1 Å². The summed E-state index contributed by atoms with van der Waals surface area (Å²) in [5.74, 6) is 0.177. The van der Waals surface area contributed by atoms with Crippen molar-refractivity contribution in [2.24, 2.45) is 0 Å². The fourth-order valence-corrected chi connectivity index (χ4v) is 1.48. The minimum Gasteiger partial charge on any atom is -0.341 e. The van der Waals surface area contributed by atoms with E-state index in [0.29, 0.717) is 0 Å². The van der Waals surface area contributed by atoms with E-state index in [1.54, 1.807) is 0 Å². The number of hydrogen-bond acceptors (Lipinski definition) is 3. The number of carbonyl (C=O) groups is 1. The lowest BCUT2D eigenvalue weighted by molar-refractivity contribution is -0.136. The van der Waals surface area contributed by atoms with Crippen molar-refractivity contribution in [2.45, 2.75) is 32.7 Å². The van der Waals surface area contributed by atoms with E-state index in [1.807, 2.05) is 32.7 Å². The first kappa shape index (κ1) is 15.4. The minimum absolute atomic E-state index is 0.177. The zero-order valence-corrected chi connectivity index (χ0v) is 11.6. The van der Waals surface area contributed by atoms with Crippen molar-refractivity contribution in [1.82, 2.24) is 15.1 Å². The maximum Gasteiger partial charge on any atom is 0.242 e. The van der Waals surface area contributed by atoms with Crippen LogP contribution < -0.4 is 5.32 Å². The van der Waals surface area contributed by atoms with E-state index in [-0.39, 0.29) is 5.91 Å². The molecule has 1 N–H and O–H groups in total. The third kappa shape index (κ3) is 4.94. The lowest BCUT2D eigenvalue weighted by atomic mass is 10.0. The van der Waals surface area contributed by atoms with Crippen LogP contribution in [0.3, 0.4) is 0 Å². The number of hydrogen-bond donors (Lipinski definition) is 1. The molecule has 16 heavy (non-hydrogen) atoms. The summed E-state index contributed by atoms with van der Waals surface area (Å²) in [6, 6.07) is 0. The molecule has 0 aliphatic carbocycles. The standard InChI is InChI=1S/C12H27N3O/c1-7-15(10-8-9-14(5)6)11(16)12(2,3)13-4/h13H,7-10H2,1-6H3. The van der Waals surface area contributed by atoms with Crippen LogP contribution in [0.4, 0.5) is 0 Å². The molecule has 0 aromatic heterocycles. The van der Waals surface area contributed by atoms with Crippen LogP contribution in [0.25, 0.3) is 0 Å². The molecule has 0 aromatic carbocycles. The Bertz CT molecular complexity index is 214. The van der Waals surface area contributed by atoms with Crippen molar-refractivity contribution in [3.63, 3.8) is 0 Å². The maximum absolute atomic E-state index is 12.2. The van der Waals surface area contributed by atoms with Crippen LogP contribution in [0.15, 0.2) is 0 Å². The molecule has 0 bridgehead atoms. The summed E-state index contributed by atoms with van der Waals surface area (Å²) < 4.78 is 0. The van der Waals surface area contributed by atoms with Crippen LogP contribution in [-0.4, -0.2) is 62.0 Å². The van der Waals surface area contributed by atoms with E-state index in [2.05, 4.69) is 24.3 Å². The Morgan fingerprint density at radius 1 is 1.25 bits per heavy atom. The molecular weight excluding hydrogens is 202 g/mol. The summed E-state index contributed by atoms with van der Waals surface area (Å²) in [6.07, 6.45) is 1.02. The zero-order valence-electron chi connectivity index (χ0n) is 11.6. The van der Waals surface area contributed by atoms with Gasteiger partial charge in [0.1, 0.15) is 0 Å². The monoisotopic (exact) mass is 229 g/mol. The van der Waals surface area contributed by atoms with Crippen LogP contribution in [0.5, 0.6) is 0 Å². The van der Waals surface area contributed by atoms with E-state index < -0.39 is 5.54 Å². The Kier molecular flexibility index (Phi) is 6.60. The first-order valence-corrected chi connectivity index (χ1v) is 5.98. The number of carbonyl (C=O) groups excluding carboxylic acids is 1. The van der Waals surface area contributed by atoms with E-state index >= 15 is 0 Å². The molecule has 0 aliphatic rings. The molecule has 0 fully saturated rings. The van der Waals surface area contributed by atoms with Gasteiger partial charge in [0.05, 0.1) is 5.54 Å². The average molecular weight is 229 g/mol. The number of nitrogens with zero attached hydrogens (tertiary/aromatic N) is 2. The Hall–Kier alpha value is -0.610. The highest BCUT2D eigenvalue weighted by Gasteiger charge is 2.29. The SMILES string of the molecule is CCN(CCCN(C)C)C(=O)C(C)(C)NC. The molecular formula is C12H27N3O. The highest BCUT2D eigenvalue weighted by Crippen LogP contribution is 2.07. The van der Waals surface area contributed by atoms with Crippen molar-refractivity contribution in [1.29, 1.82) is 0 Å². The fraction of sp³-hybridized carbons (Fsp3) is 0.917. The van der Waals surface area contributed by atoms with Gasteiger partial charge in [-0.05, 0) is 54.9 Å². The fourth-order valence-electron chi connectivity index (χ4n) is 1.48. The highest BCUT2D eigenvalue weighted by atomic mass is 16.2. The normalized spacial score (nSPS) is 11.9. The molecule has 96 valence electrons. The van der Waals surface area contributed by atoms with Crippen LogP contribution in [-0.2, 0) is 4.79 Å². The summed E-state index contributed by atoms with van der Waals surface area (Å²) in [6.45, 7) is 8.49. The van der Waals surface area contributed by atoms with Crippen molar-refractivity contribution in [2.75, 3.05) is 40.8 Å². The molecule has 0 saturated carbocycles. The number of likely N-dealkylation sites (N-methyl/N-ethyl adjacent to an activating group) is 2. The highest BCUT2D eigenvalue weighted by molar-refractivity contribution is 5.85. The molecule has 0 unspecified atom stereocenters. The van der Waals surface area contributed by atoms with Gasteiger partial charge in [-0.25, -0.2) is 0 Å². The topological polar surface area (TPSA) is 35.6 Å². The van der Waals surface area contributed by atoms with Crippen molar-refractivity contribution < 1.29 is 4.79 Å². The molecule has 0 spiro atoms. The van der Waals surface area contributed by atoms with E-state index in [4.69, 9.17) is 0 Å². The lowest BCUT2D eigenvalue weighted by Gasteiger charge is -2.31. The van der Waals surface area contributed by atoms with Gasteiger partial charge in [0, 0.05) is 13.1 Å². The second kappa shape index (κ2) is 6.86. The maximum atomic E-state index is 12.2. The number of nitrogens with one attached hydrogen (secondary N) is 1. The lowest BCUT2D eigenvalue weighted by Crippen LogP contribution is -2.53. The zero-order chi connectivity index (χ0) is 12.8. The van der Waals surface area contributed by atoms with E-state index in [1.165, 1.54) is 0 Å². The predicted molar refractivity (Wildman–Crippen MR) is 68.6 cm³/mol. The molecule has 0 aliphatic heterocycles. The molecule has 0 atom stereocenters. The molecule has 4 nitrogen and oxygen atoms in total.